The summed E-state index contributed by atoms with van der Waals surface area (Å²) >= 11 is 0. The van der Waals surface area contributed by atoms with Crippen LogP contribution >= 0.6 is 0 Å². The molecule has 0 aromatic heterocycles. The summed E-state index contributed by atoms with van der Waals surface area (Å²) in [6.45, 7) is 4.07. The third-order valence-corrected chi connectivity index (χ3v) is 3.89. The highest BCUT2D eigenvalue weighted by molar-refractivity contribution is 5.82. The van der Waals surface area contributed by atoms with Gasteiger partial charge in [0.15, 0.2) is 0 Å². The maximum absolute atomic E-state index is 2.35. The largest absolute Gasteiger partial charge is 0.335 e. The molecule has 0 aliphatic carbocycles. The minimum atomic E-state index is 1.22. The van der Waals surface area contributed by atoms with E-state index in [-0.39, 0.29) is 0 Å². The van der Waals surface area contributed by atoms with Crippen LogP contribution in [0.15, 0.2) is 42.5 Å². The van der Waals surface area contributed by atoms with Crippen LogP contribution in [0.2, 0.25) is 0 Å². The molecular weight excluding hydrogens is 206 g/mol. The summed E-state index contributed by atoms with van der Waals surface area (Å²) in [4.78, 5) is 1.79. The monoisotopic (exact) mass is 226 g/mol. The highest BCUT2D eigenvalue weighted by atomic mass is 15.1. The Morgan fingerprint density at radius 1 is 0.882 bits per heavy atom. The predicted molar refractivity (Wildman–Crippen MR) is 72.4 cm³/mol. The van der Waals surface area contributed by atoms with Gasteiger partial charge in [0.2, 0.25) is 0 Å². The summed E-state index contributed by atoms with van der Waals surface area (Å²) < 4.78 is 0. The number of quaternary nitrogens is 1. The van der Waals surface area contributed by atoms with Gasteiger partial charge in [-0.3, -0.25) is 0 Å². The predicted octanol–water partition coefficient (Wildman–Crippen LogP) is 2.06. The second-order valence-corrected chi connectivity index (χ2v) is 5.14. The van der Waals surface area contributed by atoms with Gasteiger partial charge in [-0.1, -0.05) is 42.5 Å². The highest BCUT2D eigenvalue weighted by Crippen LogP contribution is 2.15. The second-order valence-electron chi connectivity index (χ2n) is 5.14. The fraction of sp³-hybridized carbons (Fsp3) is 0.375. The molecule has 3 rings (SSSR count). The molecule has 1 aliphatic heterocycles. The van der Waals surface area contributed by atoms with Crippen LogP contribution in [0.4, 0.5) is 0 Å². The first-order valence-electron chi connectivity index (χ1n) is 6.73. The van der Waals surface area contributed by atoms with Crippen LogP contribution in [0, 0.1) is 0 Å². The molecule has 0 bridgehead atoms. The van der Waals surface area contributed by atoms with Crippen molar-refractivity contribution in [2.24, 2.45) is 0 Å². The SMILES string of the molecule is c1ccc2cc(CC[NH+]3CCCC3)ccc2c1. The molecule has 0 atom stereocenters. The van der Waals surface area contributed by atoms with Crippen molar-refractivity contribution < 1.29 is 4.90 Å². The molecule has 17 heavy (non-hydrogen) atoms. The molecular formula is C16H20N+. The van der Waals surface area contributed by atoms with Gasteiger partial charge in [-0.2, -0.15) is 0 Å². The summed E-state index contributed by atoms with van der Waals surface area (Å²) in [5, 5.41) is 2.73. The van der Waals surface area contributed by atoms with E-state index in [9.17, 15) is 0 Å². The Bertz CT molecular complexity index is 498. The van der Waals surface area contributed by atoms with Crippen LogP contribution < -0.4 is 4.90 Å². The van der Waals surface area contributed by atoms with E-state index in [1.54, 1.807) is 4.90 Å². The maximum atomic E-state index is 2.35. The number of nitrogens with one attached hydrogen (secondary N) is 1. The zero-order valence-electron chi connectivity index (χ0n) is 10.3. The van der Waals surface area contributed by atoms with Gasteiger partial charge in [-0.05, 0) is 16.3 Å². The Labute approximate surface area is 103 Å². The lowest BCUT2D eigenvalue weighted by Crippen LogP contribution is -3.10. The van der Waals surface area contributed by atoms with Crippen LogP contribution in [-0.2, 0) is 6.42 Å². The lowest BCUT2D eigenvalue weighted by molar-refractivity contribution is -0.887. The van der Waals surface area contributed by atoms with E-state index in [1.807, 2.05) is 0 Å². The van der Waals surface area contributed by atoms with Gasteiger partial charge < -0.3 is 4.90 Å². The van der Waals surface area contributed by atoms with Crippen molar-refractivity contribution in [3.8, 4) is 0 Å². The average Bonchev–Trinajstić information content (AvgIpc) is 2.89. The summed E-state index contributed by atoms with van der Waals surface area (Å²) in [7, 11) is 0. The minimum absolute atomic E-state index is 1.22. The number of rotatable bonds is 3. The van der Waals surface area contributed by atoms with Crippen molar-refractivity contribution in [3.63, 3.8) is 0 Å². The Morgan fingerprint density at radius 3 is 2.47 bits per heavy atom. The van der Waals surface area contributed by atoms with Gasteiger partial charge in [0.1, 0.15) is 0 Å². The van der Waals surface area contributed by atoms with Crippen molar-refractivity contribution in [3.05, 3.63) is 48.0 Å². The topological polar surface area (TPSA) is 4.44 Å². The van der Waals surface area contributed by atoms with Gasteiger partial charge in [0.05, 0.1) is 19.6 Å². The first-order chi connectivity index (χ1) is 8.42. The number of benzene rings is 2. The van der Waals surface area contributed by atoms with Crippen molar-refractivity contribution in [2.75, 3.05) is 19.6 Å². The standard InChI is InChI=1S/C16H19N/c1-2-6-16-13-14(7-8-15(16)5-1)9-12-17-10-3-4-11-17/h1-2,5-8,13H,3-4,9-12H2/p+1. The van der Waals surface area contributed by atoms with Gasteiger partial charge in [-0.15, -0.1) is 0 Å². The van der Waals surface area contributed by atoms with Crippen molar-refractivity contribution in [2.45, 2.75) is 19.3 Å². The summed E-state index contributed by atoms with van der Waals surface area (Å²) in [5.74, 6) is 0. The van der Waals surface area contributed by atoms with Gasteiger partial charge in [-0.25, -0.2) is 0 Å². The molecule has 1 heteroatoms. The van der Waals surface area contributed by atoms with Crippen LogP contribution in [-0.4, -0.2) is 19.6 Å². The summed E-state index contributed by atoms with van der Waals surface area (Å²) in [6, 6.07) is 15.5. The Morgan fingerprint density at radius 2 is 1.65 bits per heavy atom. The van der Waals surface area contributed by atoms with E-state index in [0.29, 0.717) is 0 Å². The molecule has 1 saturated heterocycles. The quantitative estimate of drug-likeness (QED) is 0.817. The van der Waals surface area contributed by atoms with E-state index < -0.39 is 0 Å². The van der Waals surface area contributed by atoms with E-state index in [2.05, 4.69) is 42.5 Å². The first kappa shape index (κ1) is 10.8. The molecule has 0 radical (unpaired) electrons. The zero-order valence-corrected chi connectivity index (χ0v) is 10.3. The van der Waals surface area contributed by atoms with E-state index in [1.165, 1.54) is 55.2 Å². The Kier molecular flexibility index (Phi) is 3.10. The van der Waals surface area contributed by atoms with Crippen LogP contribution in [0.1, 0.15) is 18.4 Å². The molecule has 2 aromatic rings. The van der Waals surface area contributed by atoms with Crippen LogP contribution in [0.3, 0.4) is 0 Å². The average molecular weight is 226 g/mol. The zero-order chi connectivity index (χ0) is 11.5. The number of likely N-dealkylation sites (tertiary alicyclic amines) is 1. The summed E-state index contributed by atoms with van der Waals surface area (Å²) in [6.07, 6.45) is 4.07. The summed E-state index contributed by atoms with van der Waals surface area (Å²) in [5.41, 5.74) is 1.49. The van der Waals surface area contributed by atoms with Gasteiger partial charge in [0.25, 0.3) is 0 Å². The first-order valence-corrected chi connectivity index (χ1v) is 6.73. The van der Waals surface area contributed by atoms with Crippen LogP contribution in [0.25, 0.3) is 10.8 Å². The number of hydrogen-bond donors (Lipinski definition) is 1. The molecule has 0 saturated carbocycles. The molecule has 0 amide bonds. The Balaban J connectivity index is 1.72. The molecule has 1 N–H and O–H groups in total. The van der Waals surface area contributed by atoms with Crippen LogP contribution in [0.5, 0.6) is 0 Å². The molecule has 2 aromatic carbocycles. The lowest BCUT2D eigenvalue weighted by Gasteiger charge is -2.12. The number of hydrogen-bond acceptors (Lipinski definition) is 0. The second kappa shape index (κ2) is 4.89. The maximum Gasteiger partial charge on any atom is 0.0811 e. The third-order valence-electron chi connectivity index (χ3n) is 3.89. The normalized spacial score (nSPS) is 16.7. The Hall–Kier alpha value is -1.34. The van der Waals surface area contributed by atoms with Crippen molar-refractivity contribution >= 4 is 10.8 Å². The molecule has 0 spiro atoms. The molecule has 0 unspecified atom stereocenters. The van der Waals surface area contributed by atoms with Gasteiger partial charge >= 0.3 is 0 Å². The molecule has 1 nitrogen and oxygen atoms in total. The van der Waals surface area contributed by atoms with E-state index in [4.69, 9.17) is 0 Å². The number of fused-ring (bicyclic) bond motifs is 1. The minimum Gasteiger partial charge on any atom is -0.335 e. The van der Waals surface area contributed by atoms with Crippen molar-refractivity contribution in [1.29, 1.82) is 0 Å². The third kappa shape index (κ3) is 2.50. The van der Waals surface area contributed by atoms with Crippen molar-refractivity contribution in [1.82, 2.24) is 0 Å². The van der Waals surface area contributed by atoms with E-state index >= 15 is 0 Å². The molecule has 1 fully saturated rings. The highest BCUT2D eigenvalue weighted by Gasteiger charge is 2.14. The van der Waals surface area contributed by atoms with Gasteiger partial charge in [0, 0.05) is 19.3 Å². The molecule has 1 heterocycles. The fourth-order valence-electron chi connectivity index (χ4n) is 2.84. The van der Waals surface area contributed by atoms with E-state index in [0.717, 1.165) is 0 Å². The fourth-order valence-corrected chi connectivity index (χ4v) is 2.84. The molecule has 1 aliphatic rings. The lowest BCUT2D eigenvalue weighted by atomic mass is 10.1. The molecule has 88 valence electrons. The smallest absolute Gasteiger partial charge is 0.0811 e.